The quantitative estimate of drug-likeness (QED) is 0.313. The van der Waals surface area contributed by atoms with Gasteiger partial charge < -0.3 is 15.2 Å². The minimum absolute atomic E-state index is 0.168. The number of fused-ring (bicyclic) bond motifs is 1. The van der Waals surface area contributed by atoms with Gasteiger partial charge in [-0.2, -0.15) is 0 Å². The summed E-state index contributed by atoms with van der Waals surface area (Å²) in [7, 11) is 0. The van der Waals surface area contributed by atoms with E-state index >= 15 is 0 Å². The van der Waals surface area contributed by atoms with Crippen molar-refractivity contribution in [2.24, 2.45) is 0 Å². The van der Waals surface area contributed by atoms with E-state index in [0.717, 1.165) is 33.5 Å². The summed E-state index contributed by atoms with van der Waals surface area (Å²) in [6.45, 7) is 17.4. The Hall–Kier alpha value is -3.91. The van der Waals surface area contributed by atoms with Gasteiger partial charge in [-0.25, -0.2) is 4.79 Å². The van der Waals surface area contributed by atoms with E-state index in [1.165, 1.54) is 5.56 Å². The molecule has 0 saturated carbocycles. The SMILES string of the molecule is C#CCOc1ccc2c(c1)C(c1ccc(C(C)C)cc1)NC(=O)N2Cc1cc(C(C)(C)C)c(O)c(C(C)(C)C)c1. The number of ether oxygens (including phenoxy) is 1. The standard InChI is InChI=1S/C35H42N2O3/c1-10-17-40-26-15-16-30-27(20-26)31(25-13-11-24(12-14-25)22(2)3)36-33(39)37(30)21-23-18-28(34(4,5)6)32(38)29(19-23)35(7,8)9/h1,11-16,18-20,22,31,38H,17,21H2,2-9H3,(H,36,39). The summed E-state index contributed by atoms with van der Waals surface area (Å²) in [6.07, 6.45) is 5.44. The summed E-state index contributed by atoms with van der Waals surface area (Å²) >= 11 is 0. The average Bonchev–Trinajstić information content (AvgIpc) is 2.88. The Balaban J connectivity index is 1.81. The Morgan fingerprint density at radius 2 is 1.57 bits per heavy atom. The summed E-state index contributed by atoms with van der Waals surface area (Å²) in [6, 6.07) is 17.7. The number of anilines is 1. The molecule has 1 aliphatic rings. The topological polar surface area (TPSA) is 61.8 Å². The van der Waals surface area contributed by atoms with Gasteiger partial charge in [-0.3, -0.25) is 4.90 Å². The second kappa shape index (κ2) is 10.9. The number of aromatic hydroxyl groups is 1. The molecule has 2 amide bonds. The van der Waals surface area contributed by atoms with Crippen LogP contribution in [-0.4, -0.2) is 17.7 Å². The summed E-state index contributed by atoms with van der Waals surface area (Å²) in [4.78, 5) is 15.5. The summed E-state index contributed by atoms with van der Waals surface area (Å²) in [5.41, 5.74) is 6.17. The van der Waals surface area contributed by atoms with Gasteiger partial charge in [-0.1, -0.05) is 85.6 Å². The van der Waals surface area contributed by atoms with E-state index in [0.29, 0.717) is 24.0 Å². The minimum atomic E-state index is -0.329. The highest BCUT2D eigenvalue weighted by atomic mass is 16.5. The first-order valence-corrected chi connectivity index (χ1v) is 14.0. The number of hydrogen-bond donors (Lipinski definition) is 2. The number of benzene rings is 3. The van der Waals surface area contributed by atoms with Crippen molar-refractivity contribution in [2.45, 2.75) is 84.7 Å². The van der Waals surface area contributed by atoms with Crippen molar-refractivity contribution in [3.63, 3.8) is 0 Å². The Morgan fingerprint density at radius 3 is 2.10 bits per heavy atom. The molecule has 0 spiro atoms. The third-order valence-electron chi connectivity index (χ3n) is 7.50. The fraction of sp³-hybridized carbons (Fsp3) is 0.400. The molecule has 4 rings (SSSR count). The Kier molecular flexibility index (Phi) is 7.94. The van der Waals surface area contributed by atoms with Crippen LogP contribution in [0.2, 0.25) is 0 Å². The third-order valence-corrected chi connectivity index (χ3v) is 7.50. The van der Waals surface area contributed by atoms with Crippen LogP contribution in [-0.2, 0) is 17.4 Å². The maximum absolute atomic E-state index is 13.7. The smallest absolute Gasteiger partial charge is 0.322 e. The number of rotatable bonds is 6. The van der Waals surface area contributed by atoms with E-state index in [1.807, 2.05) is 30.3 Å². The van der Waals surface area contributed by atoms with E-state index < -0.39 is 0 Å². The van der Waals surface area contributed by atoms with Gasteiger partial charge in [0, 0.05) is 5.56 Å². The molecule has 5 nitrogen and oxygen atoms in total. The van der Waals surface area contributed by atoms with Crippen molar-refractivity contribution in [3.05, 3.63) is 88.0 Å². The van der Waals surface area contributed by atoms with Gasteiger partial charge in [-0.15, -0.1) is 6.42 Å². The molecule has 0 saturated heterocycles. The van der Waals surface area contributed by atoms with Crippen LogP contribution in [0.25, 0.3) is 0 Å². The van der Waals surface area contributed by atoms with Crippen molar-refractivity contribution >= 4 is 11.7 Å². The maximum atomic E-state index is 13.7. The summed E-state index contributed by atoms with van der Waals surface area (Å²) < 4.78 is 5.76. The number of phenols is 1. The van der Waals surface area contributed by atoms with Crippen molar-refractivity contribution < 1.29 is 14.6 Å². The van der Waals surface area contributed by atoms with Gasteiger partial charge in [0.05, 0.1) is 18.3 Å². The molecule has 1 aliphatic heterocycles. The molecule has 2 N–H and O–H groups in total. The highest BCUT2D eigenvalue weighted by Crippen LogP contribution is 2.42. The normalized spacial score (nSPS) is 15.4. The zero-order chi connectivity index (χ0) is 29.4. The maximum Gasteiger partial charge on any atom is 0.322 e. The van der Waals surface area contributed by atoms with Crippen LogP contribution in [0.3, 0.4) is 0 Å². The van der Waals surface area contributed by atoms with E-state index in [4.69, 9.17) is 11.2 Å². The molecule has 0 radical (unpaired) electrons. The Morgan fingerprint density at radius 1 is 0.975 bits per heavy atom. The molecule has 210 valence electrons. The number of nitrogens with one attached hydrogen (secondary N) is 1. The van der Waals surface area contributed by atoms with Gasteiger partial charge in [-0.05, 0) is 74.9 Å². The second-order valence-electron chi connectivity index (χ2n) is 13.0. The lowest BCUT2D eigenvalue weighted by molar-refractivity contribution is 0.242. The predicted octanol–water partition coefficient (Wildman–Crippen LogP) is 7.94. The van der Waals surface area contributed by atoms with E-state index in [-0.39, 0.29) is 29.5 Å². The molecule has 1 heterocycles. The molecule has 1 atom stereocenters. The number of hydrogen-bond acceptors (Lipinski definition) is 3. The largest absolute Gasteiger partial charge is 0.507 e. The van der Waals surface area contributed by atoms with Gasteiger partial charge in [0.2, 0.25) is 0 Å². The molecule has 3 aromatic rings. The lowest BCUT2D eigenvalue weighted by atomic mass is 9.78. The van der Waals surface area contributed by atoms with Gasteiger partial charge >= 0.3 is 6.03 Å². The highest BCUT2D eigenvalue weighted by Gasteiger charge is 2.33. The average molecular weight is 539 g/mol. The number of phenolic OH excluding ortho intramolecular Hbond substituents is 1. The zero-order valence-electron chi connectivity index (χ0n) is 25.1. The molecular formula is C35H42N2O3. The number of nitrogens with zero attached hydrogens (tertiary/aromatic N) is 1. The van der Waals surface area contributed by atoms with Crippen LogP contribution in [0, 0.1) is 12.3 Å². The van der Waals surface area contributed by atoms with Crippen LogP contribution >= 0.6 is 0 Å². The van der Waals surface area contributed by atoms with Gasteiger partial charge in [0.25, 0.3) is 0 Å². The van der Waals surface area contributed by atoms with Crippen molar-refractivity contribution in [2.75, 3.05) is 11.5 Å². The number of urea groups is 1. The van der Waals surface area contributed by atoms with Crippen molar-refractivity contribution in [3.8, 4) is 23.8 Å². The van der Waals surface area contributed by atoms with Gasteiger partial charge in [0.1, 0.15) is 18.1 Å². The minimum Gasteiger partial charge on any atom is -0.507 e. The lowest BCUT2D eigenvalue weighted by Gasteiger charge is -2.36. The Bertz CT molecular complexity index is 1400. The monoisotopic (exact) mass is 538 g/mol. The summed E-state index contributed by atoms with van der Waals surface area (Å²) in [5, 5.41) is 14.4. The fourth-order valence-corrected chi connectivity index (χ4v) is 5.22. The second-order valence-corrected chi connectivity index (χ2v) is 13.0. The first-order chi connectivity index (χ1) is 18.7. The highest BCUT2D eigenvalue weighted by molar-refractivity contribution is 5.96. The molecule has 0 fully saturated rings. The zero-order valence-corrected chi connectivity index (χ0v) is 25.1. The van der Waals surface area contributed by atoms with Crippen LogP contribution in [0.1, 0.15) is 101 Å². The molecule has 0 bridgehead atoms. The van der Waals surface area contributed by atoms with E-state index in [2.05, 4.69) is 90.9 Å². The number of terminal acetylenes is 1. The van der Waals surface area contributed by atoms with Crippen molar-refractivity contribution in [1.29, 1.82) is 0 Å². The van der Waals surface area contributed by atoms with E-state index in [9.17, 15) is 9.90 Å². The first-order valence-electron chi connectivity index (χ1n) is 14.0. The fourth-order valence-electron chi connectivity index (χ4n) is 5.22. The molecule has 0 aromatic heterocycles. The molecular weight excluding hydrogens is 496 g/mol. The molecule has 5 heteroatoms. The third kappa shape index (κ3) is 5.97. The van der Waals surface area contributed by atoms with Crippen LogP contribution in [0.15, 0.2) is 54.6 Å². The number of carbonyl (C=O) groups is 1. The van der Waals surface area contributed by atoms with Crippen LogP contribution in [0.4, 0.5) is 10.5 Å². The molecule has 3 aromatic carbocycles. The Labute approximate surface area is 239 Å². The first kappa shape index (κ1) is 29.1. The number of carbonyl (C=O) groups excluding carboxylic acids is 1. The predicted molar refractivity (Wildman–Crippen MR) is 163 cm³/mol. The molecule has 40 heavy (non-hydrogen) atoms. The lowest BCUT2D eigenvalue weighted by Crippen LogP contribution is -2.46. The molecule has 0 aliphatic carbocycles. The van der Waals surface area contributed by atoms with E-state index in [1.54, 1.807) is 4.90 Å². The van der Waals surface area contributed by atoms with Gasteiger partial charge in [0.15, 0.2) is 0 Å². The van der Waals surface area contributed by atoms with Crippen LogP contribution < -0.4 is 15.0 Å². The van der Waals surface area contributed by atoms with Crippen LogP contribution in [0.5, 0.6) is 11.5 Å². The summed E-state index contributed by atoms with van der Waals surface area (Å²) in [5.74, 6) is 3.93. The van der Waals surface area contributed by atoms with Crippen molar-refractivity contribution in [1.82, 2.24) is 5.32 Å². The molecule has 1 unspecified atom stereocenters. The number of amides is 2.